The Bertz CT molecular complexity index is 558. The molecule has 0 aromatic heterocycles. The minimum Gasteiger partial charge on any atom is -0.494 e. The summed E-state index contributed by atoms with van der Waals surface area (Å²) in [4.78, 5) is 0.0724. The van der Waals surface area contributed by atoms with E-state index in [1.807, 2.05) is 6.92 Å². The topological polar surface area (TPSA) is 95.9 Å². The van der Waals surface area contributed by atoms with Crippen LogP contribution in [0.3, 0.4) is 0 Å². The summed E-state index contributed by atoms with van der Waals surface area (Å²) in [6, 6.07) is 4.54. The number of rotatable bonds is 8. The molecule has 6 nitrogen and oxygen atoms in total. The molecule has 120 valence electrons. The fourth-order valence-electron chi connectivity index (χ4n) is 1.86. The Morgan fingerprint density at radius 2 is 1.86 bits per heavy atom. The van der Waals surface area contributed by atoms with Gasteiger partial charge in [-0.3, -0.25) is 0 Å². The molecule has 1 rings (SSSR count). The van der Waals surface area contributed by atoms with Crippen LogP contribution in [0.25, 0.3) is 0 Å². The van der Waals surface area contributed by atoms with E-state index < -0.39 is 28.8 Å². The van der Waals surface area contributed by atoms with Crippen LogP contribution in [0.5, 0.6) is 5.75 Å². The lowest BCUT2D eigenvalue weighted by Crippen LogP contribution is -2.53. The number of benzene rings is 1. The number of aliphatic hydroxyl groups excluding tert-OH is 2. The van der Waals surface area contributed by atoms with E-state index in [0.29, 0.717) is 17.9 Å². The quantitative estimate of drug-likeness (QED) is 0.659. The largest absolute Gasteiger partial charge is 0.494 e. The molecule has 0 amide bonds. The average molecular weight is 317 g/mol. The molecule has 0 aliphatic rings. The van der Waals surface area contributed by atoms with E-state index in [4.69, 9.17) is 4.74 Å². The molecule has 3 N–H and O–H groups in total. The molecular formula is C14H23NO5S. The van der Waals surface area contributed by atoms with Gasteiger partial charge >= 0.3 is 0 Å². The molecule has 0 saturated heterocycles. The van der Waals surface area contributed by atoms with Crippen molar-refractivity contribution >= 4 is 10.0 Å². The maximum atomic E-state index is 12.4. The highest BCUT2D eigenvalue weighted by Gasteiger charge is 2.32. The maximum Gasteiger partial charge on any atom is 0.241 e. The van der Waals surface area contributed by atoms with Crippen molar-refractivity contribution in [2.24, 2.45) is 0 Å². The molecule has 0 bridgehead atoms. The number of nitrogens with one attached hydrogen (secondary N) is 1. The lowest BCUT2D eigenvalue weighted by Gasteiger charge is -2.29. The summed E-state index contributed by atoms with van der Waals surface area (Å²) in [5.41, 5.74) is -0.555. The number of aryl methyl sites for hydroxylation is 1. The van der Waals surface area contributed by atoms with Crippen LogP contribution in [0.1, 0.15) is 25.8 Å². The molecule has 7 heteroatoms. The van der Waals surface area contributed by atoms with Gasteiger partial charge in [0, 0.05) is 0 Å². The van der Waals surface area contributed by atoms with E-state index in [1.165, 1.54) is 12.1 Å². The van der Waals surface area contributed by atoms with Crippen molar-refractivity contribution in [1.29, 1.82) is 0 Å². The van der Waals surface area contributed by atoms with E-state index >= 15 is 0 Å². The Kier molecular flexibility index (Phi) is 6.15. The highest BCUT2D eigenvalue weighted by atomic mass is 32.2. The Morgan fingerprint density at radius 1 is 1.24 bits per heavy atom. The van der Waals surface area contributed by atoms with Gasteiger partial charge in [-0.1, -0.05) is 6.92 Å². The monoisotopic (exact) mass is 317 g/mol. The van der Waals surface area contributed by atoms with E-state index in [-0.39, 0.29) is 11.3 Å². The van der Waals surface area contributed by atoms with Crippen LogP contribution in [0.15, 0.2) is 23.1 Å². The van der Waals surface area contributed by atoms with Gasteiger partial charge in [0.1, 0.15) is 5.75 Å². The highest BCUT2D eigenvalue weighted by Crippen LogP contribution is 2.23. The maximum absolute atomic E-state index is 12.4. The van der Waals surface area contributed by atoms with Crippen LogP contribution in [-0.2, 0) is 10.0 Å². The number of aliphatic hydroxyl groups is 2. The first-order chi connectivity index (χ1) is 9.84. The van der Waals surface area contributed by atoms with E-state index in [1.54, 1.807) is 19.9 Å². The second-order valence-electron chi connectivity index (χ2n) is 4.92. The molecule has 0 aliphatic carbocycles. The summed E-state index contributed by atoms with van der Waals surface area (Å²) in [5, 5.41) is 18.7. The average Bonchev–Trinajstić information content (AvgIpc) is 2.47. The molecule has 1 aromatic rings. The van der Waals surface area contributed by atoms with Crippen LogP contribution >= 0.6 is 0 Å². The van der Waals surface area contributed by atoms with Crippen LogP contribution < -0.4 is 9.46 Å². The zero-order chi connectivity index (χ0) is 16.1. The summed E-state index contributed by atoms with van der Waals surface area (Å²) in [5.74, 6) is 0.627. The predicted octanol–water partition coefficient (Wildman–Crippen LogP) is 0.805. The van der Waals surface area contributed by atoms with Crippen molar-refractivity contribution < 1.29 is 23.4 Å². The van der Waals surface area contributed by atoms with Gasteiger partial charge in [0.15, 0.2) is 0 Å². The van der Waals surface area contributed by atoms with Crippen LogP contribution in [0.4, 0.5) is 0 Å². The zero-order valence-electron chi connectivity index (χ0n) is 12.6. The van der Waals surface area contributed by atoms with E-state index in [2.05, 4.69) is 4.72 Å². The minimum absolute atomic E-state index is 0.0724. The predicted molar refractivity (Wildman–Crippen MR) is 79.9 cm³/mol. The third-order valence-corrected chi connectivity index (χ3v) is 4.97. The molecule has 0 spiro atoms. The van der Waals surface area contributed by atoms with Crippen molar-refractivity contribution in [3.63, 3.8) is 0 Å². The van der Waals surface area contributed by atoms with Crippen molar-refractivity contribution in [3.05, 3.63) is 23.8 Å². The van der Waals surface area contributed by atoms with Crippen LogP contribution in [0, 0.1) is 6.92 Å². The minimum atomic E-state index is -3.83. The first-order valence-corrected chi connectivity index (χ1v) is 8.31. The Balaban J connectivity index is 3.11. The fraction of sp³-hybridized carbons (Fsp3) is 0.571. The molecule has 0 saturated carbocycles. The molecule has 0 heterocycles. The summed E-state index contributed by atoms with van der Waals surface area (Å²) >= 11 is 0. The Morgan fingerprint density at radius 3 is 2.29 bits per heavy atom. The second kappa shape index (κ2) is 7.22. The number of hydrogen-bond acceptors (Lipinski definition) is 5. The zero-order valence-corrected chi connectivity index (χ0v) is 13.4. The number of ether oxygens (including phenoxy) is 1. The Labute approximate surface area is 125 Å². The molecule has 0 atom stereocenters. The van der Waals surface area contributed by atoms with E-state index in [0.717, 1.165) is 0 Å². The Hall–Kier alpha value is -1.15. The van der Waals surface area contributed by atoms with Crippen molar-refractivity contribution in [2.75, 3.05) is 19.8 Å². The van der Waals surface area contributed by atoms with Gasteiger partial charge in [-0.15, -0.1) is 0 Å². The summed E-state index contributed by atoms with van der Waals surface area (Å²) in [6.45, 7) is 4.85. The molecule has 0 fully saturated rings. The fourth-order valence-corrected chi connectivity index (χ4v) is 3.40. The SMILES string of the molecule is CCOc1ccc(S(=O)(=O)NC(CC)(CO)CO)cc1C. The van der Waals surface area contributed by atoms with Crippen LogP contribution in [0.2, 0.25) is 0 Å². The standard InChI is InChI=1S/C14H23NO5S/c1-4-14(9-16,10-17)15-21(18,19)12-6-7-13(20-5-2)11(3)8-12/h6-8,15-17H,4-5,9-10H2,1-3H3. The lowest BCUT2D eigenvalue weighted by molar-refractivity contribution is 0.105. The molecule has 0 unspecified atom stereocenters. The first kappa shape index (κ1) is 17.9. The first-order valence-electron chi connectivity index (χ1n) is 6.83. The summed E-state index contributed by atoms with van der Waals surface area (Å²) < 4.78 is 32.5. The van der Waals surface area contributed by atoms with Crippen molar-refractivity contribution in [1.82, 2.24) is 4.72 Å². The van der Waals surface area contributed by atoms with Gasteiger partial charge in [0.05, 0.1) is 30.3 Å². The molecular weight excluding hydrogens is 294 g/mol. The summed E-state index contributed by atoms with van der Waals surface area (Å²) in [6.07, 6.45) is 0.273. The molecule has 21 heavy (non-hydrogen) atoms. The number of sulfonamides is 1. The van der Waals surface area contributed by atoms with Gasteiger partial charge in [0.2, 0.25) is 10.0 Å². The third-order valence-electron chi connectivity index (χ3n) is 3.39. The normalized spacial score (nSPS) is 12.4. The van der Waals surface area contributed by atoms with Gasteiger partial charge < -0.3 is 14.9 Å². The second-order valence-corrected chi connectivity index (χ2v) is 6.60. The van der Waals surface area contributed by atoms with Crippen molar-refractivity contribution in [3.8, 4) is 5.75 Å². The molecule has 0 aliphatic heterocycles. The number of hydrogen-bond donors (Lipinski definition) is 3. The van der Waals surface area contributed by atoms with Gasteiger partial charge in [0.25, 0.3) is 0 Å². The smallest absolute Gasteiger partial charge is 0.241 e. The summed E-state index contributed by atoms with van der Waals surface area (Å²) in [7, 11) is -3.83. The molecule has 1 aromatic carbocycles. The van der Waals surface area contributed by atoms with Gasteiger partial charge in [-0.2, -0.15) is 0 Å². The molecule has 0 radical (unpaired) electrons. The van der Waals surface area contributed by atoms with E-state index in [9.17, 15) is 18.6 Å². The van der Waals surface area contributed by atoms with Gasteiger partial charge in [-0.25, -0.2) is 13.1 Å². The van der Waals surface area contributed by atoms with Crippen LogP contribution in [-0.4, -0.2) is 44.0 Å². The highest BCUT2D eigenvalue weighted by molar-refractivity contribution is 7.89. The lowest BCUT2D eigenvalue weighted by atomic mass is 10.0. The van der Waals surface area contributed by atoms with Gasteiger partial charge in [-0.05, 0) is 44.0 Å². The van der Waals surface area contributed by atoms with Crippen molar-refractivity contribution in [2.45, 2.75) is 37.6 Å². The third kappa shape index (κ3) is 4.16.